The number of hydrogen-bond donors (Lipinski definition) is 0. The van der Waals surface area contributed by atoms with Crippen LogP contribution in [0.15, 0.2) is 65.6 Å². The molecule has 0 spiro atoms. The molecule has 2 amide bonds. The van der Waals surface area contributed by atoms with Gasteiger partial charge in [-0.1, -0.05) is 47.5 Å². The van der Waals surface area contributed by atoms with Crippen molar-refractivity contribution in [3.8, 4) is 17.2 Å². The number of benzene rings is 3. The van der Waals surface area contributed by atoms with Crippen LogP contribution >= 0.6 is 35.0 Å². The lowest BCUT2D eigenvalue weighted by Crippen LogP contribution is -2.32. The lowest BCUT2D eigenvalue weighted by atomic mass is 10.1. The molecule has 36 heavy (non-hydrogen) atoms. The third-order valence-corrected chi connectivity index (χ3v) is 6.63. The van der Waals surface area contributed by atoms with Gasteiger partial charge in [0.1, 0.15) is 24.8 Å². The van der Waals surface area contributed by atoms with Crippen molar-refractivity contribution >= 4 is 52.2 Å². The highest BCUT2D eigenvalue weighted by atomic mass is 35.5. The van der Waals surface area contributed by atoms with E-state index in [1.165, 1.54) is 19.2 Å². The molecule has 1 saturated heterocycles. The number of carbonyl (C=O) groups excluding carboxylic acids is 2. The van der Waals surface area contributed by atoms with E-state index >= 15 is 0 Å². The first-order valence-corrected chi connectivity index (χ1v) is 12.3. The van der Waals surface area contributed by atoms with Crippen molar-refractivity contribution in [1.82, 2.24) is 4.90 Å². The number of hydrogen-bond acceptors (Lipinski definition) is 6. The second-order valence-electron chi connectivity index (χ2n) is 7.56. The number of amides is 2. The number of ether oxygens (including phenoxy) is 3. The first-order chi connectivity index (χ1) is 17.4. The number of carbonyl (C=O) groups is 2. The molecule has 0 aliphatic carbocycles. The lowest BCUT2D eigenvalue weighted by Gasteiger charge is -2.14. The van der Waals surface area contributed by atoms with Crippen LogP contribution in [0.3, 0.4) is 0 Å². The van der Waals surface area contributed by atoms with Crippen LogP contribution in [0.5, 0.6) is 17.2 Å². The fraction of sp³-hybridized carbons (Fsp3) is 0.154. The summed E-state index contributed by atoms with van der Waals surface area (Å²) in [6.45, 7) is 0.340. The standard InChI is InChI=1S/C26H20Cl2FNO5S/c1-33-22-13-17(12-20(28)24(22)35-15-16-6-8-18(29)9-7-16)14-23-25(31)30(26(32)36-23)10-11-34-21-5-3-2-4-19(21)27/h2-9,12-14H,10-11,15H2,1H3/b23-14-. The largest absolute Gasteiger partial charge is 0.493 e. The lowest BCUT2D eigenvalue weighted by molar-refractivity contribution is -0.123. The summed E-state index contributed by atoms with van der Waals surface area (Å²) >= 11 is 13.3. The predicted octanol–water partition coefficient (Wildman–Crippen LogP) is 6.84. The second kappa shape index (κ2) is 11.7. The monoisotopic (exact) mass is 547 g/mol. The van der Waals surface area contributed by atoms with Crippen LogP contribution < -0.4 is 14.2 Å². The first kappa shape index (κ1) is 25.9. The summed E-state index contributed by atoms with van der Waals surface area (Å²) in [7, 11) is 1.47. The van der Waals surface area contributed by atoms with Crippen molar-refractivity contribution in [1.29, 1.82) is 0 Å². The number of rotatable bonds is 9. The average molecular weight is 548 g/mol. The number of nitrogens with zero attached hydrogens (tertiary/aromatic N) is 1. The Kier molecular flexibility index (Phi) is 8.40. The van der Waals surface area contributed by atoms with Gasteiger partial charge in [-0.3, -0.25) is 14.5 Å². The maximum atomic E-state index is 13.1. The molecule has 3 aromatic rings. The third-order valence-electron chi connectivity index (χ3n) is 5.13. The molecule has 6 nitrogen and oxygen atoms in total. The van der Waals surface area contributed by atoms with Crippen molar-refractivity contribution < 1.29 is 28.2 Å². The topological polar surface area (TPSA) is 65.1 Å². The van der Waals surface area contributed by atoms with E-state index in [1.807, 2.05) is 0 Å². The Bertz CT molecular complexity index is 1320. The molecule has 0 unspecified atom stereocenters. The van der Waals surface area contributed by atoms with E-state index in [2.05, 4.69) is 0 Å². The number of para-hydroxylation sites is 1. The molecule has 4 rings (SSSR count). The van der Waals surface area contributed by atoms with Gasteiger partial charge in [0.15, 0.2) is 11.5 Å². The Morgan fingerprint density at radius 1 is 0.972 bits per heavy atom. The Morgan fingerprint density at radius 3 is 2.44 bits per heavy atom. The normalized spacial score (nSPS) is 14.4. The van der Waals surface area contributed by atoms with Gasteiger partial charge in [-0.25, -0.2) is 4.39 Å². The minimum Gasteiger partial charge on any atom is -0.493 e. The fourth-order valence-electron chi connectivity index (χ4n) is 3.35. The summed E-state index contributed by atoms with van der Waals surface area (Å²) in [5.41, 5.74) is 1.31. The van der Waals surface area contributed by atoms with E-state index in [0.717, 1.165) is 22.2 Å². The molecule has 1 heterocycles. The van der Waals surface area contributed by atoms with Gasteiger partial charge in [-0.2, -0.15) is 0 Å². The predicted molar refractivity (Wildman–Crippen MR) is 138 cm³/mol. The quantitative estimate of drug-likeness (QED) is 0.273. The van der Waals surface area contributed by atoms with Crippen LogP contribution in [-0.2, 0) is 11.4 Å². The van der Waals surface area contributed by atoms with E-state index < -0.39 is 11.1 Å². The molecule has 3 aromatic carbocycles. The molecule has 0 bridgehead atoms. The zero-order chi connectivity index (χ0) is 25.7. The third kappa shape index (κ3) is 6.13. The Hall–Kier alpha value is -3.20. The first-order valence-electron chi connectivity index (χ1n) is 10.7. The van der Waals surface area contributed by atoms with E-state index in [4.69, 9.17) is 37.4 Å². The maximum Gasteiger partial charge on any atom is 0.293 e. The van der Waals surface area contributed by atoms with Crippen LogP contribution in [0.1, 0.15) is 11.1 Å². The molecule has 1 fully saturated rings. The van der Waals surface area contributed by atoms with Crippen LogP contribution in [0, 0.1) is 5.82 Å². The summed E-state index contributed by atoms with van der Waals surface area (Å²) in [5.74, 6) is 0.370. The van der Waals surface area contributed by atoms with Gasteiger partial charge in [0.05, 0.1) is 28.6 Å². The maximum absolute atomic E-state index is 13.1. The van der Waals surface area contributed by atoms with Gasteiger partial charge in [0.25, 0.3) is 11.1 Å². The van der Waals surface area contributed by atoms with Crippen molar-refractivity contribution in [2.75, 3.05) is 20.3 Å². The Labute approximate surface area is 221 Å². The molecule has 1 aliphatic heterocycles. The highest BCUT2D eigenvalue weighted by Crippen LogP contribution is 2.39. The van der Waals surface area contributed by atoms with Gasteiger partial charge in [-0.05, 0) is 65.4 Å². The fourth-order valence-corrected chi connectivity index (χ4v) is 4.68. The van der Waals surface area contributed by atoms with E-state index in [-0.39, 0.29) is 35.5 Å². The van der Waals surface area contributed by atoms with Gasteiger partial charge in [-0.15, -0.1) is 0 Å². The zero-order valence-corrected chi connectivity index (χ0v) is 21.3. The molecule has 186 valence electrons. The van der Waals surface area contributed by atoms with Crippen molar-refractivity contribution in [3.05, 3.63) is 92.6 Å². The molecule has 10 heteroatoms. The molecular formula is C26H20Cl2FNO5S. The van der Waals surface area contributed by atoms with Crippen molar-refractivity contribution in [2.24, 2.45) is 0 Å². The molecule has 0 atom stereocenters. The van der Waals surface area contributed by atoms with Gasteiger partial charge >= 0.3 is 0 Å². The Balaban J connectivity index is 1.44. The summed E-state index contributed by atoms with van der Waals surface area (Å²) in [4.78, 5) is 26.6. The smallest absolute Gasteiger partial charge is 0.293 e. The highest BCUT2D eigenvalue weighted by molar-refractivity contribution is 8.18. The minimum absolute atomic E-state index is 0.0769. The van der Waals surface area contributed by atoms with Crippen LogP contribution in [0.4, 0.5) is 9.18 Å². The summed E-state index contributed by atoms with van der Waals surface area (Å²) in [5, 5.41) is 0.309. The summed E-state index contributed by atoms with van der Waals surface area (Å²) in [6, 6.07) is 16.1. The minimum atomic E-state index is -0.431. The number of imide groups is 1. The van der Waals surface area contributed by atoms with Crippen LogP contribution in [0.2, 0.25) is 10.0 Å². The van der Waals surface area contributed by atoms with Crippen molar-refractivity contribution in [3.63, 3.8) is 0 Å². The van der Waals surface area contributed by atoms with Crippen molar-refractivity contribution in [2.45, 2.75) is 6.61 Å². The summed E-state index contributed by atoms with van der Waals surface area (Å²) < 4.78 is 29.9. The van der Waals surface area contributed by atoms with Gasteiger partial charge in [0, 0.05) is 0 Å². The molecule has 0 aromatic heterocycles. The molecular weight excluding hydrogens is 528 g/mol. The molecule has 0 saturated carbocycles. The zero-order valence-electron chi connectivity index (χ0n) is 19.0. The molecule has 0 radical (unpaired) electrons. The molecule has 0 N–H and O–H groups in total. The summed E-state index contributed by atoms with van der Waals surface area (Å²) in [6.07, 6.45) is 1.57. The Morgan fingerprint density at radius 2 is 1.72 bits per heavy atom. The van der Waals surface area contributed by atoms with Crippen LogP contribution in [0.25, 0.3) is 6.08 Å². The van der Waals surface area contributed by atoms with E-state index in [9.17, 15) is 14.0 Å². The van der Waals surface area contributed by atoms with E-state index in [1.54, 1.807) is 54.6 Å². The number of halogens is 3. The highest BCUT2D eigenvalue weighted by Gasteiger charge is 2.35. The van der Waals surface area contributed by atoms with Gasteiger partial charge in [0.2, 0.25) is 0 Å². The number of methoxy groups -OCH3 is 1. The molecule has 1 aliphatic rings. The average Bonchev–Trinajstić information content (AvgIpc) is 3.12. The second-order valence-corrected chi connectivity index (χ2v) is 9.37. The van der Waals surface area contributed by atoms with E-state index in [0.29, 0.717) is 27.8 Å². The van der Waals surface area contributed by atoms with Gasteiger partial charge < -0.3 is 14.2 Å². The number of thioether (sulfide) groups is 1. The SMILES string of the molecule is COc1cc(/C=C2\SC(=O)N(CCOc3ccccc3Cl)C2=O)cc(Cl)c1OCc1ccc(F)cc1. The van der Waals surface area contributed by atoms with Crippen LogP contribution in [-0.4, -0.2) is 36.3 Å².